The molecule has 1 nitrogen and oxygen atoms in total. The molecule has 0 saturated heterocycles. The van der Waals surface area contributed by atoms with Crippen LogP contribution in [0.4, 0.5) is 5.69 Å². The summed E-state index contributed by atoms with van der Waals surface area (Å²) in [7, 11) is -2.11. The Hall–Kier alpha value is -3.08. The van der Waals surface area contributed by atoms with Crippen molar-refractivity contribution in [2.24, 2.45) is 0 Å². The van der Waals surface area contributed by atoms with Gasteiger partial charge in [-0.3, -0.25) is 0 Å². The number of nitrogens with zero attached hydrogens (tertiary/aromatic N) is 1. The van der Waals surface area contributed by atoms with Gasteiger partial charge in [0, 0.05) is 0 Å². The second-order valence-electron chi connectivity index (χ2n) is 14.9. The van der Waals surface area contributed by atoms with Gasteiger partial charge in [0.2, 0.25) is 0 Å². The van der Waals surface area contributed by atoms with E-state index in [1.807, 2.05) is 0 Å². The maximum atomic E-state index is 3.23. The second-order valence-corrected chi connectivity index (χ2v) is 26.1. The summed E-state index contributed by atoms with van der Waals surface area (Å²) in [5.41, 5.74) is 13.3. The van der Waals surface area contributed by atoms with Gasteiger partial charge in [0.1, 0.15) is 0 Å². The Bertz CT molecular complexity index is 1530. The van der Waals surface area contributed by atoms with Gasteiger partial charge in [0.15, 0.2) is 0 Å². The minimum atomic E-state index is -2.11. The molecule has 0 heterocycles. The van der Waals surface area contributed by atoms with Crippen molar-refractivity contribution in [3.8, 4) is 0 Å². The van der Waals surface area contributed by atoms with E-state index in [1.54, 1.807) is 5.69 Å². The first-order valence-corrected chi connectivity index (χ1v) is 24.0. The van der Waals surface area contributed by atoms with Crippen molar-refractivity contribution in [2.45, 2.75) is 101 Å². The van der Waals surface area contributed by atoms with Gasteiger partial charge in [-0.1, -0.05) is 0 Å². The van der Waals surface area contributed by atoms with E-state index in [2.05, 4.69) is 199 Å². The van der Waals surface area contributed by atoms with Crippen LogP contribution in [0.5, 0.6) is 0 Å². The van der Waals surface area contributed by atoms with Crippen LogP contribution in [0.1, 0.15) is 119 Å². The Morgan fingerprint density at radius 3 is 1.02 bits per heavy atom. The zero-order chi connectivity index (χ0) is 35.1. The summed E-state index contributed by atoms with van der Waals surface area (Å²) in [5, 5.41) is 0. The summed E-state index contributed by atoms with van der Waals surface area (Å²) in [6.45, 7) is 22.5. The van der Waals surface area contributed by atoms with Gasteiger partial charge >= 0.3 is 312 Å². The third-order valence-electron chi connectivity index (χ3n) is 10.7. The Kier molecular flexibility index (Phi) is 12.7. The molecule has 0 atom stereocenters. The predicted molar refractivity (Wildman–Crippen MR) is 218 cm³/mol. The van der Waals surface area contributed by atoms with Crippen LogP contribution in [0.15, 0.2) is 133 Å². The standard InChI is InChI=1S/C44H52NSi.C2H5.Sn/c1-31(2)39-29-40(42(35-21-13-9-14-22-35)36-23-15-10-16-24-36)44(45-46(32(3)4,33(5)6)34(7)8)41(30-39)43(37-25-17-11-18-26-37)38-27-19-12-20-28-38;1-2;/h9-34,42-43H,1-8H3;1H2,2H3;/q-1;;+1. The molecule has 0 fully saturated rings. The molecule has 0 aliphatic heterocycles. The van der Waals surface area contributed by atoms with Gasteiger partial charge < -0.3 is 0 Å². The van der Waals surface area contributed by atoms with Gasteiger partial charge in [-0.25, -0.2) is 0 Å². The molecule has 0 aromatic heterocycles. The van der Waals surface area contributed by atoms with Crippen LogP contribution in [-0.4, -0.2) is 29.7 Å². The van der Waals surface area contributed by atoms with Crippen LogP contribution in [0.25, 0.3) is 0 Å². The molecule has 0 aliphatic rings. The molecule has 0 N–H and O–H groups in total. The zero-order valence-electron chi connectivity index (χ0n) is 31.3. The Morgan fingerprint density at radius 1 is 0.469 bits per heavy atom. The van der Waals surface area contributed by atoms with Crippen molar-refractivity contribution in [2.75, 3.05) is 2.79 Å². The van der Waals surface area contributed by atoms with Gasteiger partial charge in [0.25, 0.3) is 0 Å². The second kappa shape index (κ2) is 16.7. The average Bonchev–Trinajstić information content (AvgIpc) is 3.10. The maximum absolute atomic E-state index is 3.23. The monoisotopic (exact) mass is 771 g/mol. The molecule has 254 valence electrons. The first kappa shape index (κ1) is 37.2. The van der Waals surface area contributed by atoms with E-state index in [1.165, 1.54) is 43.4 Å². The quantitative estimate of drug-likeness (QED) is 0.0803. The number of benzene rings is 5. The van der Waals surface area contributed by atoms with Gasteiger partial charge in [-0.2, -0.15) is 0 Å². The molecule has 0 unspecified atom stereocenters. The molecule has 49 heavy (non-hydrogen) atoms. The molecule has 3 heteroatoms. The van der Waals surface area contributed by atoms with Crippen molar-refractivity contribution in [1.29, 1.82) is 0 Å². The normalized spacial score (nSPS) is 12.2. The topological polar surface area (TPSA) is 3.24 Å². The molecular formula is C46H57NSiSn. The predicted octanol–water partition coefficient (Wildman–Crippen LogP) is 13.2. The molecule has 2 radical (unpaired) electrons. The summed E-state index contributed by atoms with van der Waals surface area (Å²) >= 11 is -1.04. The van der Waals surface area contributed by atoms with Crippen molar-refractivity contribution < 1.29 is 0 Å². The SMILES string of the molecule is C[CH2][Sn][N](c1c(C(c2ccccc2)c2ccccc2)cc(C(C)C)cc1C(c1ccccc1)c1ccccc1)[Si](C(C)C)(C(C)C)C(C)C. The minimum absolute atomic E-state index is 0.124. The number of rotatable bonds is 14. The molecule has 5 rings (SSSR count). The van der Waals surface area contributed by atoms with E-state index in [-0.39, 0.29) is 11.8 Å². The fraction of sp³-hybridized carbons (Fsp3) is 0.348. The fourth-order valence-corrected chi connectivity index (χ4v) is 27.4. The van der Waals surface area contributed by atoms with Crippen molar-refractivity contribution >= 4 is 35.3 Å². The summed E-state index contributed by atoms with van der Waals surface area (Å²) < 4.78 is 4.50. The van der Waals surface area contributed by atoms with Crippen LogP contribution in [0.3, 0.4) is 0 Å². The molecule has 0 aliphatic carbocycles. The number of hydrogen-bond donors (Lipinski definition) is 0. The van der Waals surface area contributed by atoms with Crippen molar-refractivity contribution in [3.05, 3.63) is 172 Å². The number of hydrogen-bond acceptors (Lipinski definition) is 1. The van der Waals surface area contributed by atoms with E-state index in [0.29, 0.717) is 22.5 Å². The number of anilines is 1. The summed E-state index contributed by atoms with van der Waals surface area (Å²) in [6, 6.07) is 50.6. The summed E-state index contributed by atoms with van der Waals surface area (Å²) in [6.07, 6.45) is 0. The van der Waals surface area contributed by atoms with Gasteiger partial charge in [-0.15, -0.1) is 0 Å². The first-order chi connectivity index (χ1) is 23.6. The third-order valence-corrected chi connectivity index (χ3v) is 24.1. The van der Waals surface area contributed by atoms with E-state index >= 15 is 0 Å². The third kappa shape index (κ3) is 7.66. The molecule has 0 amide bonds. The molecule has 0 spiro atoms. The van der Waals surface area contributed by atoms with E-state index in [4.69, 9.17) is 0 Å². The zero-order valence-corrected chi connectivity index (χ0v) is 35.2. The van der Waals surface area contributed by atoms with Crippen molar-refractivity contribution in [3.63, 3.8) is 0 Å². The molecule has 0 bridgehead atoms. The van der Waals surface area contributed by atoms with Gasteiger partial charge in [-0.05, 0) is 0 Å². The average molecular weight is 771 g/mol. The Morgan fingerprint density at radius 2 is 0.776 bits per heavy atom. The Balaban J connectivity index is 2.04. The van der Waals surface area contributed by atoms with Crippen LogP contribution >= 0.6 is 0 Å². The molecular weight excluding hydrogens is 713 g/mol. The Labute approximate surface area is 309 Å². The van der Waals surface area contributed by atoms with Crippen molar-refractivity contribution in [1.82, 2.24) is 0 Å². The molecule has 5 aromatic rings. The first-order valence-electron chi connectivity index (χ1n) is 18.5. The summed E-state index contributed by atoms with van der Waals surface area (Å²) in [5.74, 6) is 0.644. The van der Waals surface area contributed by atoms with Gasteiger partial charge in [0.05, 0.1) is 0 Å². The van der Waals surface area contributed by atoms with E-state index in [0.717, 1.165) is 0 Å². The van der Waals surface area contributed by atoms with E-state index < -0.39 is 29.7 Å². The molecule has 5 aromatic carbocycles. The van der Waals surface area contributed by atoms with Crippen LogP contribution < -0.4 is 2.79 Å². The summed E-state index contributed by atoms with van der Waals surface area (Å²) in [4.78, 5) is 0. The van der Waals surface area contributed by atoms with E-state index in [9.17, 15) is 0 Å². The van der Waals surface area contributed by atoms with Crippen LogP contribution in [0, 0.1) is 0 Å². The fourth-order valence-electron chi connectivity index (χ4n) is 8.76. The van der Waals surface area contributed by atoms with Crippen LogP contribution in [-0.2, 0) is 0 Å². The molecule has 0 saturated carbocycles. The van der Waals surface area contributed by atoms with Crippen LogP contribution in [0.2, 0.25) is 21.1 Å².